The van der Waals surface area contributed by atoms with E-state index >= 15 is 0 Å². The van der Waals surface area contributed by atoms with E-state index in [1.165, 1.54) is 0 Å². The second-order valence-corrected chi connectivity index (χ2v) is 3.98. The van der Waals surface area contributed by atoms with Gasteiger partial charge >= 0.3 is 5.97 Å². The van der Waals surface area contributed by atoms with Gasteiger partial charge in [-0.3, -0.25) is 4.79 Å². The van der Waals surface area contributed by atoms with Crippen molar-refractivity contribution in [2.45, 2.75) is 12.5 Å². The fraction of sp³-hybridized carbons (Fsp3) is 0.889. The first-order valence-corrected chi connectivity index (χ1v) is 4.74. The molecule has 14 heavy (non-hydrogen) atoms. The molecule has 2 aliphatic heterocycles. The van der Waals surface area contributed by atoms with Gasteiger partial charge in [0.05, 0.1) is 25.9 Å². The largest absolute Gasteiger partial charge is 0.481 e. The van der Waals surface area contributed by atoms with E-state index < -0.39 is 17.5 Å². The molecule has 3 atom stereocenters. The Hall–Kier alpha value is -0.650. The predicted octanol–water partition coefficient (Wildman–Crippen LogP) is -0.515. The third-order valence-corrected chi connectivity index (χ3v) is 3.24. The number of aliphatic carboxylic acids is 1. The molecule has 0 aromatic carbocycles. The molecule has 0 amide bonds. The third-order valence-electron chi connectivity index (χ3n) is 3.24. The van der Waals surface area contributed by atoms with Crippen molar-refractivity contribution in [3.8, 4) is 0 Å². The first-order valence-electron chi connectivity index (χ1n) is 4.74. The maximum atomic E-state index is 11.2. The molecule has 2 N–H and O–H groups in total. The van der Waals surface area contributed by atoms with Gasteiger partial charge in [-0.1, -0.05) is 0 Å². The van der Waals surface area contributed by atoms with Crippen LogP contribution in [-0.2, 0) is 14.3 Å². The molecule has 0 spiro atoms. The summed E-state index contributed by atoms with van der Waals surface area (Å²) in [5.41, 5.74) is -0.935. The van der Waals surface area contributed by atoms with Gasteiger partial charge in [-0.2, -0.15) is 0 Å². The highest BCUT2D eigenvalue weighted by Gasteiger charge is 2.53. The second-order valence-electron chi connectivity index (χ2n) is 3.98. The van der Waals surface area contributed by atoms with Crippen molar-refractivity contribution in [1.82, 2.24) is 0 Å². The lowest BCUT2D eigenvalue weighted by molar-refractivity contribution is -0.154. The Bertz CT molecular complexity index is 233. The first-order chi connectivity index (χ1) is 6.67. The molecule has 80 valence electrons. The van der Waals surface area contributed by atoms with E-state index in [2.05, 4.69) is 0 Å². The molecule has 2 rings (SSSR count). The van der Waals surface area contributed by atoms with E-state index in [1.54, 1.807) is 0 Å². The highest BCUT2D eigenvalue weighted by Crippen LogP contribution is 2.41. The van der Waals surface area contributed by atoms with Crippen LogP contribution in [0, 0.1) is 11.3 Å². The van der Waals surface area contributed by atoms with Crippen molar-refractivity contribution in [2.24, 2.45) is 11.3 Å². The standard InChI is InChI=1S/C9H14O5/c10-7-4-14-3-6(7)9(8(11)12)1-2-13-5-9/h6-7,10H,1-5H2,(H,11,12). The summed E-state index contributed by atoms with van der Waals surface area (Å²) in [4.78, 5) is 11.2. The van der Waals surface area contributed by atoms with Gasteiger partial charge in [-0.05, 0) is 6.42 Å². The van der Waals surface area contributed by atoms with Gasteiger partial charge in [0.15, 0.2) is 0 Å². The van der Waals surface area contributed by atoms with Gasteiger partial charge in [0.2, 0.25) is 0 Å². The Kier molecular flexibility index (Phi) is 2.47. The topological polar surface area (TPSA) is 76.0 Å². The molecule has 5 nitrogen and oxygen atoms in total. The Morgan fingerprint density at radius 2 is 2.14 bits per heavy atom. The average molecular weight is 202 g/mol. The van der Waals surface area contributed by atoms with Crippen molar-refractivity contribution in [2.75, 3.05) is 26.4 Å². The molecule has 5 heteroatoms. The smallest absolute Gasteiger partial charge is 0.312 e. The molecule has 0 saturated carbocycles. The second kappa shape index (κ2) is 3.49. The summed E-state index contributed by atoms with van der Waals surface area (Å²) in [5, 5.41) is 18.8. The van der Waals surface area contributed by atoms with Crippen LogP contribution in [0.4, 0.5) is 0 Å². The molecule has 0 aliphatic carbocycles. The minimum Gasteiger partial charge on any atom is -0.481 e. The van der Waals surface area contributed by atoms with E-state index in [-0.39, 0.29) is 19.1 Å². The molecule has 0 bridgehead atoms. The van der Waals surface area contributed by atoms with Gasteiger partial charge in [-0.25, -0.2) is 0 Å². The third kappa shape index (κ3) is 1.32. The maximum absolute atomic E-state index is 11.2. The number of hydrogen-bond donors (Lipinski definition) is 2. The van der Waals surface area contributed by atoms with Crippen LogP contribution in [-0.4, -0.2) is 48.7 Å². The SMILES string of the molecule is O=C(O)C1(C2COCC2O)CCOC1. The molecular weight excluding hydrogens is 188 g/mol. The van der Waals surface area contributed by atoms with Crippen LogP contribution < -0.4 is 0 Å². The number of ether oxygens (including phenoxy) is 2. The van der Waals surface area contributed by atoms with Crippen LogP contribution in [0.25, 0.3) is 0 Å². The molecule has 2 fully saturated rings. The Morgan fingerprint density at radius 3 is 2.57 bits per heavy atom. The number of carboxylic acid groups (broad SMARTS) is 1. The zero-order valence-corrected chi connectivity index (χ0v) is 7.81. The molecule has 2 aliphatic rings. The Labute approximate surface area is 81.6 Å². The monoisotopic (exact) mass is 202 g/mol. The highest BCUT2D eigenvalue weighted by atomic mass is 16.5. The van der Waals surface area contributed by atoms with Gasteiger partial charge < -0.3 is 19.7 Å². The molecule has 2 saturated heterocycles. The lowest BCUT2D eigenvalue weighted by atomic mass is 9.73. The molecule has 0 aromatic heterocycles. The van der Waals surface area contributed by atoms with Crippen LogP contribution in [0.2, 0.25) is 0 Å². The van der Waals surface area contributed by atoms with Crippen LogP contribution in [0.1, 0.15) is 6.42 Å². The fourth-order valence-corrected chi connectivity index (χ4v) is 2.27. The van der Waals surface area contributed by atoms with Crippen molar-refractivity contribution in [3.63, 3.8) is 0 Å². The summed E-state index contributed by atoms with van der Waals surface area (Å²) in [7, 11) is 0. The average Bonchev–Trinajstić information content (AvgIpc) is 2.72. The summed E-state index contributed by atoms with van der Waals surface area (Å²) in [5.74, 6) is -1.22. The lowest BCUT2D eigenvalue weighted by Crippen LogP contribution is -2.44. The van der Waals surface area contributed by atoms with Crippen LogP contribution >= 0.6 is 0 Å². The minimum absolute atomic E-state index is 0.188. The summed E-state index contributed by atoms with van der Waals surface area (Å²) in [6.07, 6.45) is -0.208. The number of hydrogen-bond acceptors (Lipinski definition) is 4. The van der Waals surface area contributed by atoms with Crippen molar-refractivity contribution >= 4 is 5.97 Å². The van der Waals surface area contributed by atoms with Crippen LogP contribution in [0.5, 0.6) is 0 Å². The number of rotatable bonds is 2. The van der Waals surface area contributed by atoms with E-state index in [0.717, 1.165) is 0 Å². The summed E-state index contributed by atoms with van der Waals surface area (Å²) >= 11 is 0. The molecule has 0 radical (unpaired) electrons. The fourth-order valence-electron chi connectivity index (χ4n) is 2.27. The zero-order valence-electron chi connectivity index (χ0n) is 7.81. The number of carboxylic acids is 1. The molecule has 0 aromatic rings. The van der Waals surface area contributed by atoms with E-state index in [0.29, 0.717) is 19.6 Å². The quantitative estimate of drug-likeness (QED) is 0.630. The van der Waals surface area contributed by atoms with Gasteiger partial charge in [-0.15, -0.1) is 0 Å². The zero-order chi connectivity index (χ0) is 10.2. The molecule has 2 heterocycles. The van der Waals surface area contributed by atoms with Crippen LogP contribution in [0.15, 0.2) is 0 Å². The van der Waals surface area contributed by atoms with Gasteiger partial charge in [0.25, 0.3) is 0 Å². The summed E-state index contributed by atoms with van der Waals surface area (Å²) in [6.45, 7) is 1.19. The molecular formula is C9H14O5. The van der Waals surface area contributed by atoms with Crippen molar-refractivity contribution in [1.29, 1.82) is 0 Å². The number of carbonyl (C=O) groups is 1. The van der Waals surface area contributed by atoms with Crippen molar-refractivity contribution < 1.29 is 24.5 Å². The maximum Gasteiger partial charge on any atom is 0.312 e. The number of aliphatic hydroxyl groups excluding tert-OH is 1. The first kappa shape index (κ1) is 9.89. The van der Waals surface area contributed by atoms with E-state index in [4.69, 9.17) is 9.47 Å². The Morgan fingerprint density at radius 1 is 1.36 bits per heavy atom. The van der Waals surface area contributed by atoms with Gasteiger partial charge in [0, 0.05) is 12.5 Å². The summed E-state index contributed by atoms with van der Waals surface area (Å²) in [6, 6.07) is 0. The highest BCUT2D eigenvalue weighted by molar-refractivity contribution is 5.75. The van der Waals surface area contributed by atoms with Crippen LogP contribution in [0.3, 0.4) is 0 Å². The summed E-state index contributed by atoms with van der Waals surface area (Å²) < 4.78 is 10.2. The van der Waals surface area contributed by atoms with E-state index in [1.807, 2.05) is 0 Å². The minimum atomic E-state index is -0.935. The van der Waals surface area contributed by atoms with Crippen molar-refractivity contribution in [3.05, 3.63) is 0 Å². The number of aliphatic hydroxyl groups is 1. The Balaban J connectivity index is 2.21. The predicted molar refractivity (Wildman–Crippen MR) is 45.8 cm³/mol. The lowest BCUT2D eigenvalue weighted by Gasteiger charge is -2.29. The van der Waals surface area contributed by atoms with Gasteiger partial charge in [0.1, 0.15) is 5.41 Å². The molecule has 3 unspecified atom stereocenters. The van der Waals surface area contributed by atoms with E-state index in [9.17, 15) is 15.0 Å². The normalized spacial score (nSPS) is 42.9.